The number of nitrogens with zero attached hydrogens (tertiary/aromatic N) is 4. The van der Waals surface area contributed by atoms with Crippen LogP contribution in [0.15, 0.2) is 48.5 Å². The molecule has 2 fully saturated rings. The van der Waals surface area contributed by atoms with Crippen molar-refractivity contribution in [3.8, 4) is 0 Å². The van der Waals surface area contributed by atoms with Crippen LogP contribution in [-0.4, -0.2) is 65.8 Å². The number of nitro benzene ring substituents is 1. The fourth-order valence-electron chi connectivity index (χ4n) is 4.62. The Morgan fingerprint density at radius 1 is 0.879 bits per heavy atom. The summed E-state index contributed by atoms with van der Waals surface area (Å²) in [6, 6.07) is 14.9. The molecule has 0 aromatic heterocycles. The number of hydrogen-bond donors (Lipinski definition) is 0. The van der Waals surface area contributed by atoms with E-state index in [0.717, 1.165) is 38.8 Å². The molecule has 0 aliphatic carbocycles. The summed E-state index contributed by atoms with van der Waals surface area (Å²) in [6.07, 6.45) is 4.21. The van der Waals surface area contributed by atoms with E-state index in [0.29, 0.717) is 43.9 Å². The molecule has 33 heavy (non-hydrogen) atoms. The van der Waals surface area contributed by atoms with Crippen molar-refractivity contribution in [1.29, 1.82) is 0 Å². The van der Waals surface area contributed by atoms with E-state index in [-0.39, 0.29) is 17.5 Å². The van der Waals surface area contributed by atoms with E-state index in [9.17, 15) is 19.7 Å². The number of carbonyl (C=O) groups is 2. The molecule has 0 N–H and O–H groups in total. The van der Waals surface area contributed by atoms with Gasteiger partial charge >= 0.3 is 0 Å². The fourth-order valence-corrected chi connectivity index (χ4v) is 4.62. The Kier molecular flexibility index (Phi) is 7.22. The minimum absolute atomic E-state index is 0.0185. The maximum absolute atomic E-state index is 13.0. The SMILES string of the molecule is O=C(CCCc1ccccc1)N1CCN(C(=O)c2ccc(N3CCCC3)c([N+](=O)[O-])c2)CC1. The van der Waals surface area contributed by atoms with Crippen molar-refractivity contribution in [3.63, 3.8) is 0 Å². The number of aryl methyl sites for hydroxylation is 1. The standard InChI is InChI=1S/C25H30N4O4/c30-24(10-6-9-20-7-2-1-3-8-20)27-15-17-28(18-16-27)25(31)21-11-12-22(23(19-21)29(32)33)26-13-4-5-14-26/h1-3,7-8,11-12,19H,4-6,9-10,13-18H2. The van der Waals surface area contributed by atoms with Crippen LogP contribution in [0.2, 0.25) is 0 Å². The zero-order valence-electron chi connectivity index (χ0n) is 18.8. The maximum Gasteiger partial charge on any atom is 0.293 e. The first-order valence-corrected chi connectivity index (χ1v) is 11.7. The van der Waals surface area contributed by atoms with Gasteiger partial charge < -0.3 is 14.7 Å². The van der Waals surface area contributed by atoms with Gasteiger partial charge in [0.05, 0.1) is 4.92 Å². The molecule has 0 radical (unpaired) electrons. The van der Waals surface area contributed by atoms with Crippen LogP contribution < -0.4 is 4.90 Å². The third-order valence-corrected chi connectivity index (χ3v) is 6.48. The summed E-state index contributed by atoms with van der Waals surface area (Å²) in [5.74, 6) is -0.106. The molecule has 0 spiro atoms. The van der Waals surface area contributed by atoms with E-state index in [1.54, 1.807) is 17.0 Å². The lowest BCUT2D eigenvalue weighted by Crippen LogP contribution is -2.50. The minimum atomic E-state index is -0.406. The number of rotatable bonds is 7. The highest BCUT2D eigenvalue weighted by Gasteiger charge is 2.28. The highest BCUT2D eigenvalue weighted by molar-refractivity contribution is 5.96. The third-order valence-electron chi connectivity index (χ3n) is 6.48. The van der Waals surface area contributed by atoms with Crippen LogP contribution in [-0.2, 0) is 11.2 Å². The first-order chi connectivity index (χ1) is 16.0. The monoisotopic (exact) mass is 450 g/mol. The predicted octanol–water partition coefficient (Wildman–Crippen LogP) is 3.50. The molecule has 2 aromatic carbocycles. The molecule has 2 aliphatic heterocycles. The van der Waals surface area contributed by atoms with Gasteiger partial charge in [0.2, 0.25) is 5.91 Å². The topological polar surface area (TPSA) is 87.0 Å². The Morgan fingerprint density at radius 2 is 1.55 bits per heavy atom. The largest absolute Gasteiger partial charge is 0.366 e. The van der Waals surface area contributed by atoms with Gasteiger partial charge in [-0.3, -0.25) is 19.7 Å². The molecular weight excluding hydrogens is 420 g/mol. The molecule has 8 heteroatoms. The zero-order chi connectivity index (χ0) is 23.2. The average Bonchev–Trinajstić information content (AvgIpc) is 3.39. The second kappa shape index (κ2) is 10.5. The molecule has 8 nitrogen and oxygen atoms in total. The quantitative estimate of drug-likeness (QED) is 0.476. The van der Waals surface area contributed by atoms with Crippen molar-refractivity contribution in [2.24, 2.45) is 0 Å². The van der Waals surface area contributed by atoms with Crippen molar-refractivity contribution >= 4 is 23.2 Å². The van der Waals surface area contributed by atoms with Crippen LogP contribution in [0.3, 0.4) is 0 Å². The number of hydrogen-bond acceptors (Lipinski definition) is 5. The number of nitro groups is 1. The highest BCUT2D eigenvalue weighted by Crippen LogP contribution is 2.32. The number of anilines is 1. The van der Waals surface area contributed by atoms with Crippen LogP contribution in [0, 0.1) is 10.1 Å². The van der Waals surface area contributed by atoms with Gasteiger partial charge in [0.15, 0.2) is 0 Å². The summed E-state index contributed by atoms with van der Waals surface area (Å²) >= 11 is 0. The van der Waals surface area contributed by atoms with Crippen LogP contribution >= 0.6 is 0 Å². The van der Waals surface area contributed by atoms with Gasteiger partial charge in [0.1, 0.15) is 5.69 Å². The minimum Gasteiger partial charge on any atom is -0.366 e. The molecule has 2 aromatic rings. The van der Waals surface area contributed by atoms with E-state index in [4.69, 9.17) is 0 Å². The van der Waals surface area contributed by atoms with Gasteiger partial charge in [-0.05, 0) is 43.4 Å². The summed E-state index contributed by atoms with van der Waals surface area (Å²) in [4.78, 5) is 42.3. The normalized spacial score (nSPS) is 16.2. The zero-order valence-corrected chi connectivity index (χ0v) is 18.8. The van der Waals surface area contributed by atoms with Gasteiger partial charge in [-0.15, -0.1) is 0 Å². The Labute approximate surface area is 193 Å². The molecule has 2 heterocycles. The molecule has 4 rings (SSSR count). The van der Waals surface area contributed by atoms with Crippen molar-refractivity contribution in [1.82, 2.24) is 9.80 Å². The van der Waals surface area contributed by atoms with Gasteiger partial charge in [-0.25, -0.2) is 0 Å². The van der Waals surface area contributed by atoms with E-state index < -0.39 is 4.92 Å². The van der Waals surface area contributed by atoms with Crippen LogP contribution in [0.1, 0.15) is 41.6 Å². The van der Waals surface area contributed by atoms with Crippen LogP contribution in [0.25, 0.3) is 0 Å². The fraction of sp³-hybridized carbons (Fsp3) is 0.440. The Balaban J connectivity index is 1.31. The van der Waals surface area contributed by atoms with Crippen LogP contribution in [0.4, 0.5) is 11.4 Å². The number of amides is 2. The van der Waals surface area contributed by atoms with Gasteiger partial charge in [0.25, 0.3) is 11.6 Å². The average molecular weight is 451 g/mol. The molecule has 0 unspecified atom stereocenters. The molecule has 0 atom stereocenters. The first kappa shape index (κ1) is 22.8. The Morgan fingerprint density at radius 3 is 2.21 bits per heavy atom. The Hall–Kier alpha value is -3.42. The number of carbonyl (C=O) groups excluding carboxylic acids is 2. The van der Waals surface area contributed by atoms with Gasteiger partial charge in [-0.2, -0.15) is 0 Å². The molecule has 2 saturated heterocycles. The van der Waals surface area contributed by atoms with Crippen molar-refractivity contribution in [2.75, 3.05) is 44.2 Å². The lowest BCUT2D eigenvalue weighted by atomic mass is 10.1. The highest BCUT2D eigenvalue weighted by atomic mass is 16.6. The summed E-state index contributed by atoms with van der Waals surface area (Å²) in [5.41, 5.74) is 2.12. The molecule has 2 amide bonds. The lowest BCUT2D eigenvalue weighted by Gasteiger charge is -2.35. The number of benzene rings is 2. The summed E-state index contributed by atoms with van der Waals surface area (Å²) in [5, 5.41) is 11.6. The molecule has 0 bridgehead atoms. The molecule has 0 saturated carbocycles. The van der Waals surface area contributed by atoms with Crippen molar-refractivity contribution in [3.05, 3.63) is 69.8 Å². The van der Waals surface area contributed by atoms with Crippen molar-refractivity contribution in [2.45, 2.75) is 32.1 Å². The Bertz CT molecular complexity index is 997. The second-order valence-electron chi connectivity index (χ2n) is 8.67. The van der Waals surface area contributed by atoms with Crippen LogP contribution in [0.5, 0.6) is 0 Å². The lowest BCUT2D eigenvalue weighted by molar-refractivity contribution is -0.384. The summed E-state index contributed by atoms with van der Waals surface area (Å²) in [6.45, 7) is 3.45. The second-order valence-corrected chi connectivity index (χ2v) is 8.67. The maximum atomic E-state index is 13.0. The van der Waals surface area contributed by atoms with E-state index in [2.05, 4.69) is 12.1 Å². The van der Waals surface area contributed by atoms with E-state index in [1.165, 1.54) is 11.6 Å². The van der Waals surface area contributed by atoms with Gasteiger partial charge in [0, 0.05) is 57.3 Å². The number of piperazine rings is 1. The first-order valence-electron chi connectivity index (χ1n) is 11.7. The molecular formula is C25H30N4O4. The summed E-state index contributed by atoms with van der Waals surface area (Å²) in [7, 11) is 0. The predicted molar refractivity (Wildman–Crippen MR) is 126 cm³/mol. The third kappa shape index (κ3) is 5.50. The van der Waals surface area contributed by atoms with Gasteiger partial charge in [-0.1, -0.05) is 30.3 Å². The molecule has 174 valence electrons. The van der Waals surface area contributed by atoms with Crippen molar-refractivity contribution < 1.29 is 14.5 Å². The summed E-state index contributed by atoms with van der Waals surface area (Å²) < 4.78 is 0. The van der Waals surface area contributed by atoms with E-state index >= 15 is 0 Å². The smallest absolute Gasteiger partial charge is 0.293 e. The molecule has 2 aliphatic rings. The van der Waals surface area contributed by atoms with E-state index in [1.807, 2.05) is 28.0 Å².